The average Bonchev–Trinajstić information content (AvgIpc) is 1.90. The molecular formula is C7H14N2. The van der Waals surface area contributed by atoms with Gasteiger partial charge >= 0.3 is 0 Å². The molecule has 3 fully saturated rings. The lowest BCUT2D eigenvalue weighted by atomic mass is 10.2. The zero-order chi connectivity index (χ0) is 6.32. The molecule has 0 aromatic carbocycles. The van der Waals surface area contributed by atoms with Crippen molar-refractivity contribution >= 4 is 0 Å². The van der Waals surface area contributed by atoms with Crippen molar-refractivity contribution in [3.05, 3.63) is 6.54 Å². The first-order valence-corrected chi connectivity index (χ1v) is 3.69. The minimum absolute atomic E-state index is 1.22. The molecule has 3 heterocycles. The van der Waals surface area contributed by atoms with Gasteiger partial charge in [0.05, 0.1) is 13.1 Å². The molecule has 0 aromatic rings. The van der Waals surface area contributed by atoms with Gasteiger partial charge in [0, 0.05) is 20.1 Å². The van der Waals surface area contributed by atoms with E-state index in [1.165, 1.54) is 37.2 Å². The first-order valence-electron chi connectivity index (χ1n) is 3.69. The summed E-state index contributed by atoms with van der Waals surface area (Å²) in [6.45, 7) is 8.93. The second kappa shape index (κ2) is 1.70. The van der Waals surface area contributed by atoms with Gasteiger partial charge in [-0.25, -0.2) is 0 Å². The summed E-state index contributed by atoms with van der Waals surface area (Å²) in [6, 6.07) is 0. The van der Waals surface area contributed by atoms with Gasteiger partial charge in [-0.1, -0.05) is 6.54 Å². The zero-order valence-corrected chi connectivity index (χ0v) is 6.01. The van der Waals surface area contributed by atoms with Crippen molar-refractivity contribution in [3.63, 3.8) is 0 Å². The Morgan fingerprint density at radius 3 is 2.22 bits per heavy atom. The fraction of sp³-hybridized carbons (Fsp3) is 0.857. The van der Waals surface area contributed by atoms with Gasteiger partial charge in [0.25, 0.3) is 0 Å². The standard InChI is InChI=1S/C7H14N2/c1-9-5-2-8(3-6-9)4-7-9/h5H,2-4,6-7H2,1H3. The topological polar surface area (TPSA) is 3.24 Å². The molecule has 2 bridgehead atoms. The van der Waals surface area contributed by atoms with Crippen LogP contribution in [0.2, 0.25) is 0 Å². The first-order chi connectivity index (χ1) is 4.29. The van der Waals surface area contributed by atoms with E-state index in [1.807, 2.05) is 0 Å². The molecule has 0 spiro atoms. The quantitative estimate of drug-likeness (QED) is 0.324. The zero-order valence-electron chi connectivity index (χ0n) is 6.01. The Morgan fingerprint density at radius 1 is 1.33 bits per heavy atom. The van der Waals surface area contributed by atoms with E-state index in [0.29, 0.717) is 0 Å². The van der Waals surface area contributed by atoms with E-state index in [0.717, 1.165) is 0 Å². The number of nitrogens with zero attached hydrogens (tertiary/aromatic N) is 2. The molecule has 52 valence electrons. The van der Waals surface area contributed by atoms with Crippen LogP contribution in [-0.4, -0.2) is 49.2 Å². The summed E-state index contributed by atoms with van der Waals surface area (Å²) in [7, 11) is 2.33. The summed E-state index contributed by atoms with van der Waals surface area (Å²) >= 11 is 0. The molecule has 0 amide bonds. The maximum atomic E-state index is 2.52. The SMILES string of the molecule is C[N+]12[CH-]CN(CC1)CC2. The van der Waals surface area contributed by atoms with Crippen molar-refractivity contribution in [1.82, 2.24) is 4.90 Å². The van der Waals surface area contributed by atoms with E-state index in [-0.39, 0.29) is 0 Å². The second-order valence-electron chi connectivity index (χ2n) is 3.41. The smallest absolute Gasteiger partial charge is 0.0674 e. The summed E-state index contributed by atoms with van der Waals surface area (Å²) in [6.07, 6.45) is 0. The Kier molecular flexibility index (Phi) is 1.08. The lowest BCUT2D eigenvalue weighted by Crippen LogP contribution is -2.62. The summed E-state index contributed by atoms with van der Waals surface area (Å²) in [4.78, 5) is 2.52. The van der Waals surface area contributed by atoms with Gasteiger partial charge in [0.2, 0.25) is 0 Å². The van der Waals surface area contributed by atoms with Crippen LogP contribution in [0.15, 0.2) is 0 Å². The van der Waals surface area contributed by atoms with E-state index in [9.17, 15) is 0 Å². The molecule has 9 heavy (non-hydrogen) atoms. The van der Waals surface area contributed by atoms with Gasteiger partial charge in [0.15, 0.2) is 0 Å². The Bertz CT molecular complexity index is 100. The average molecular weight is 126 g/mol. The van der Waals surface area contributed by atoms with Crippen LogP contribution in [-0.2, 0) is 0 Å². The largest absolute Gasteiger partial charge is 0.454 e. The molecule has 0 aromatic heterocycles. The lowest BCUT2D eigenvalue weighted by molar-refractivity contribution is -0.894. The van der Waals surface area contributed by atoms with Gasteiger partial charge in [-0.3, -0.25) is 0 Å². The predicted molar refractivity (Wildman–Crippen MR) is 36.7 cm³/mol. The van der Waals surface area contributed by atoms with Crippen molar-refractivity contribution in [2.45, 2.75) is 0 Å². The summed E-state index contributed by atoms with van der Waals surface area (Å²) in [5.41, 5.74) is 0. The van der Waals surface area contributed by atoms with Crippen molar-refractivity contribution in [1.29, 1.82) is 0 Å². The highest BCUT2D eigenvalue weighted by Gasteiger charge is 2.26. The van der Waals surface area contributed by atoms with Crippen LogP contribution in [0.5, 0.6) is 0 Å². The van der Waals surface area contributed by atoms with Gasteiger partial charge in [-0.2, -0.15) is 0 Å². The highest BCUT2D eigenvalue weighted by Crippen LogP contribution is 2.18. The van der Waals surface area contributed by atoms with Crippen LogP contribution in [0.1, 0.15) is 0 Å². The summed E-state index contributed by atoms with van der Waals surface area (Å²) < 4.78 is 1.22. The van der Waals surface area contributed by atoms with Gasteiger partial charge in [-0.15, -0.1) is 6.54 Å². The molecule has 0 atom stereocenters. The molecule has 3 saturated heterocycles. The molecule has 0 saturated carbocycles. The molecule has 2 heteroatoms. The van der Waals surface area contributed by atoms with Gasteiger partial charge in [-0.05, 0) is 0 Å². The maximum absolute atomic E-state index is 2.52. The first kappa shape index (κ1) is 5.69. The van der Waals surface area contributed by atoms with E-state index < -0.39 is 0 Å². The molecule has 3 aliphatic heterocycles. The van der Waals surface area contributed by atoms with Crippen LogP contribution in [0.3, 0.4) is 0 Å². The molecule has 3 rings (SSSR count). The number of hydrogen-bond donors (Lipinski definition) is 0. The van der Waals surface area contributed by atoms with Crippen molar-refractivity contribution < 1.29 is 4.48 Å². The van der Waals surface area contributed by atoms with E-state index in [4.69, 9.17) is 0 Å². The fourth-order valence-corrected chi connectivity index (χ4v) is 1.64. The van der Waals surface area contributed by atoms with E-state index in [1.54, 1.807) is 0 Å². The Labute approximate surface area is 56.6 Å². The van der Waals surface area contributed by atoms with Crippen LogP contribution in [0.4, 0.5) is 0 Å². The number of likely N-dealkylation sites (N-methyl/N-ethyl adjacent to an activating group) is 1. The van der Waals surface area contributed by atoms with Crippen LogP contribution < -0.4 is 0 Å². The predicted octanol–water partition coefficient (Wildman–Crippen LogP) is -0.0760. The van der Waals surface area contributed by atoms with Crippen LogP contribution in [0, 0.1) is 6.54 Å². The Balaban J connectivity index is 2.11. The monoisotopic (exact) mass is 126 g/mol. The van der Waals surface area contributed by atoms with Crippen molar-refractivity contribution in [2.24, 2.45) is 0 Å². The van der Waals surface area contributed by atoms with Crippen LogP contribution >= 0.6 is 0 Å². The number of hydrogen-bond acceptors (Lipinski definition) is 1. The molecule has 0 aliphatic carbocycles. The third kappa shape index (κ3) is 0.864. The molecule has 3 aliphatic rings. The van der Waals surface area contributed by atoms with E-state index >= 15 is 0 Å². The van der Waals surface area contributed by atoms with Crippen molar-refractivity contribution in [3.8, 4) is 0 Å². The Hall–Kier alpha value is -0.0800. The molecular weight excluding hydrogens is 112 g/mol. The minimum Gasteiger partial charge on any atom is -0.454 e. The second-order valence-corrected chi connectivity index (χ2v) is 3.41. The highest BCUT2D eigenvalue weighted by molar-refractivity contribution is 4.75. The molecule has 0 N–H and O–H groups in total. The molecule has 0 radical (unpaired) electrons. The summed E-state index contributed by atoms with van der Waals surface area (Å²) in [5.74, 6) is 0. The van der Waals surface area contributed by atoms with Crippen LogP contribution in [0.25, 0.3) is 0 Å². The number of piperazine rings is 3. The van der Waals surface area contributed by atoms with Crippen molar-refractivity contribution in [2.75, 3.05) is 39.8 Å². The number of rotatable bonds is 0. The number of quaternary nitrogens is 1. The third-order valence-electron chi connectivity index (χ3n) is 2.63. The fourth-order valence-electron chi connectivity index (χ4n) is 1.64. The van der Waals surface area contributed by atoms with Gasteiger partial charge < -0.3 is 9.38 Å². The Morgan fingerprint density at radius 2 is 2.00 bits per heavy atom. The maximum Gasteiger partial charge on any atom is 0.0674 e. The summed E-state index contributed by atoms with van der Waals surface area (Å²) in [5, 5.41) is 0. The highest BCUT2D eigenvalue weighted by atomic mass is 15.4. The normalized spacial score (nSPS) is 49.7. The lowest BCUT2D eigenvalue weighted by Gasteiger charge is -2.56. The van der Waals surface area contributed by atoms with Gasteiger partial charge in [0.1, 0.15) is 0 Å². The number of fused-ring (bicyclic) bond motifs is 3. The third-order valence-corrected chi connectivity index (χ3v) is 2.63. The molecule has 0 unspecified atom stereocenters. The van der Waals surface area contributed by atoms with E-state index in [2.05, 4.69) is 18.5 Å². The minimum atomic E-state index is 1.22. The molecule has 2 nitrogen and oxygen atoms in total.